The van der Waals surface area contributed by atoms with Crippen LogP contribution in [0, 0.1) is 6.92 Å². The smallest absolute Gasteiger partial charge is 0.198 e. The van der Waals surface area contributed by atoms with Crippen LogP contribution in [0.4, 0.5) is 0 Å². The first kappa shape index (κ1) is 18.8. The Hall–Kier alpha value is -4.18. The second kappa shape index (κ2) is 7.58. The molecule has 0 spiro atoms. The first-order valence-corrected chi connectivity index (χ1v) is 9.95. The van der Waals surface area contributed by atoms with E-state index in [9.17, 15) is 9.59 Å². The lowest BCUT2D eigenvalue weighted by atomic mass is 9.82. The fraction of sp³-hybridized carbons (Fsp3) is 0.0370. The minimum absolute atomic E-state index is 0.252. The van der Waals surface area contributed by atoms with Gasteiger partial charge < -0.3 is 9.47 Å². The van der Waals surface area contributed by atoms with Gasteiger partial charge in [-0.2, -0.15) is 0 Å². The largest absolute Gasteiger partial charge is 0.457 e. The van der Waals surface area contributed by atoms with E-state index < -0.39 is 0 Å². The Morgan fingerprint density at radius 1 is 0.548 bits per heavy atom. The Morgan fingerprint density at radius 2 is 1.13 bits per heavy atom. The van der Waals surface area contributed by atoms with E-state index in [1.54, 1.807) is 42.5 Å². The molecule has 0 amide bonds. The van der Waals surface area contributed by atoms with Crippen molar-refractivity contribution in [1.82, 2.24) is 0 Å². The third-order valence-corrected chi connectivity index (χ3v) is 5.26. The number of benzene rings is 4. The molecule has 31 heavy (non-hydrogen) atoms. The molecule has 1 aliphatic carbocycles. The molecule has 150 valence electrons. The van der Waals surface area contributed by atoms with E-state index >= 15 is 0 Å². The number of carbonyl (C=O) groups is 2. The van der Waals surface area contributed by atoms with Gasteiger partial charge in [-0.15, -0.1) is 0 Å². The van der Waals surface area contributed by atoms with Crippen LogP contribution in [0.25, 0.3) is 0 Å². The molecule has 0 saturated heterocycles. The second-order valence-electron chi connectivity index (χ2n) is 7.30. The van der Waals surface area contributed by atoms with Gasteiger partial charge in [0.2, 0.25) is 0 Å². The maximum absolute atomic E-state index is 13.5. The van der Waals surface area contributed by atoms with Crippen molar-refractivity contribution in [3.05, 3.63) is 119 Å². The summed E-state index contributed by atoms with van der Waals surface area (Å²) in [7, 11) is 0. The number of aryl methyl sites for hydroxylation is 1. The minimum Gasteiger partial charge on any atom is -0.457 e. The highest BCUT2D eigenvalue weighted by molar-refractivity contribution is 6.30. The summed E-state index contributed by atoms with van der Waals surface area (Å²) < 4.78 is 12.0. The highest BCUT2D eigenvalue weighted by Gasteiger charge is 2.35. The zero-order chi connectivity index (χ0) is 21.4. The fourth-order valence-corrected chi connectivity index (χ4v) is 3.76. The second-order valence-corrected chi connectivity index (χ2v) is 7.30. The van der Waals surface area contributed by atoms with Crippen LogP contribution in [0.1, 0.15) is 37.4 Å². The van der Waals surface area contributed by atoms with Crippen molar-refractivity contribution in [1.29, 1.82) is 0 Å². The molecule has 5 rings (SSSR count). The van der Waals surface area contributed by atoms with E-state index in [0.29, 0.717) is 39.7 Å². The zero-order valence-electron chi connectivity index (χ0n) is 16.8. The summed E-state index contributed by atoms with van der Waals surface area (Å²) >= 11 is 0. The van der Waals surface area contributed by atoms with Gasteiger partial charge in [0, 0.05) is 11.1 Å². The first-order chi connectivity index (χ1) is 15.1. The van der Waals surface area contributed by atoms with E-state index in [2.05, 4.69) is 0 Å². The van der Waals surface area contributed by atoms with E-state index in [1.165, 1.54) is 0 Å². The molecule has 0 fully saturated rings. The summed E-state index contributed by atoms with van der Waals surface area (Å²) in [4.78, 5) is 27.0. The Morgan fingerprint density at radius 3 is 1.81 bits per heavy atom. The molecule has 0 saturated carbocycles. The minimum atomic E-state index is -0.256. The van der Waals surface area contributed by atoms with Crippen LogP contribution in [0.5, 0.6) is 23.0 Å². The van der Waals surface area contributed by atoms with Crippen molar-refractivity contribution >= 4 is 11.6 Å². The number of rotatable bonds is 4. The molecule has 0 aromatic heterocycles. The van der Waals surface area contributed by atoms with E-state index in [4.69, 9.17) is 9.47 Å². The molecule has 0 aliphatic heterocycles. The predicted octanol–water partition coefficient (Wildman–Crippen LogP) is 6.36. The Balaban J connectivity index is 1.63. The molecular weight excluding hydrogens is 388 g/mol. The molecule has 0 atom stereocenters. The third kappa shape index (κ3) is 3.28. The van der Waals surface area contributed by atoms with Crippen LogP contribution in [-0.4, -0.2) is 11.6 Å². The molecule has 4 aromatic rings. The predicted molar refractivity (Wildman–Crippen MR) is 118 cm³/mol. The number of hydrogen-bond donors (Lipinski definition) is 0. The van der Waals surface area contributed by atoms with Crippen molar-refractivity contribution < 1.29 is 19.1 Å². The van der Waals surface area contributed by atoms with Crippen molar-refractivity contribution in [2.45, 2.75) is 6.92 Å². The lowest BCUT2D eigenvalue weighted by molar-refractivity contribution is 0.0975. The van der Waals surface area contributed by atoms with Crippen LogP contribution in [0.3, 0.4) is 0 Å². The molecule has 1 aliphatic rings. The van der Waals surface area contributed by atoms with Gasteiger partial charge in [-0.1, -0.05) is 54.6 Å². The number of para-hydroxylation sites is 2. The SMILES string of the molecule is Cc1ccc2c(c1Oc1ccccc1)C(=O)c1cccc(Oc3ccccc3)c1C2=O. The molecule has 4 nitrogen and oxygen atoms in total. The zero-order valence-corrected chi connectivity index (χ0v) is 16.8. The van der Waals surface area contributed by atoms with Crippen molar-refractivity contribution in [2.24, 2.45) is 0 Å². The summed E-state index contributed by atoms with van der Waals surface area (Å²) in [6.07, 6.45) is 0. The highest BCUT2D eigenvalue weighted by atomic mass is 16.5. The quantitative estimate of drug-likeness (QED) is 0.349. The number of ketones is 2. The molecule has 0 N–H and O–H groups in total. The van der Waals surface area contributed by atoms with Crippen LogP contribution >= 0.6 is 0 Å². The maximum atomic E-state index is 13.5. The summed E-state index contributed by atoms with van der Waals surface area (Å²) in [5, 5.41) is 0. The first-order valence-electron chi connectivity index (χ1n) is 9.95. The summed E-state index contributed by atoms with van der Waals surface area (Å²) in [6, 6.07) is 27.0. The average Bonchev–Trinajstić information content (AvgIpc) is 2.80. The molecular formula is C27H18O4. The Labute approximate surface area is 179 Å². The van der Waals surface area contributed by atoms with Gasteiger partial charge in [0.15, 0.2) is 11.6 Å². The topological polar surface area (TPSA) is 52.6 Å². The average molecular weight is 406 g/mol. The van der Waals surface area contributed by atoms with Gasteiger partial charge >= 0.3 is 0 Å². The van der Waals surface area contributed by atoms with E-state index in [0.717, 1.165) is 5.56 Å². The maximum Gasteiger partial charge on any atom is 0.198 e. The molecule has 0 radical (unpaired) electrons. The standard InChI is InChI=1S/C27H18O4/c1-17-15-16-21-24(27(17)31-19-11-6-3-7-12-19)26(29)20-13-8-14-22(23(20)25(21)28)30-18-9-4-2-5-10-18/h2-16H,1H3. The number of ether oxygens (including phenoxy) is 2. The fourth-order valence-electron chi connectivity index (χ4n) is 3.76. The van der Waals surface area contributed by atoms with Crippen molar-refractivity contribution in [2.75, 3.05) is 0 Å². The van der Waals surface area contributed by atoms with Gasteiger partial charge in [0.1, 0.15) is 23.0 Å². The molecule has 0 bridgehead atoms. The molecule has 0 heterocycles. The van der Waals surface area contributed by atoms with Gasteiger partial charge in [-0.05, 0) is 48.9 Å². The van der Waals surface area contributed by atoms with Gasteiger partial charge in [0.25, 0.3) is 0 Å². The van der Waals surface area contributed by atoms with Crippen LogP contribution < -0.4 is 9.47 Å². The number of fused-ring (bicyclic) bond motifs is 2. The van der Waals surface area contributed by atoms with Crippen molar-refractivity contribution in [3.63, 3.8) is 0 Å². The third-order valence-electron chi connectivity index (χ3n) is 5.26. The molecule has 0 unspecified atom stereocenters. The van der Waals surface area contributed by atoms with Gasteiger partial charge in [0.05, 0.1) is 11.1 Å². The van der Waals surface area contributed by atoms with Crippen LogP contribution in [0.15, 0.2) is 91.0 Å². The van der Waals surface area contributed by atoms with Gasteiger partial charge in [-0.25, -0.2) is 0 Å². The lowest BCUT2D eigenvalue weighted by Crippen LogP contribution is -2.22. The van der Waals surface area contributed by atoms with E-state index in [1.807, 2.05) is 55.5 Å². The van der Waals surface area contributed by atoms with Crippen molar-refractivity contribution in [3.8, 4) is 23.0 Å². The Kier molecular flexibility index (Phi) is 4.60. The summed E-state index contributed by atoms with van der Waals surface area (Å²) in [5.74, 6) is 1.46. The summed E-state index contributed by atoms with van der Waals surface area (Å²) in [6.45, 7) is 1.86. The number of carbonyl (C=O) groups excluding carboxylic acids is 2. The highest BCUT2D eigenvalue weighted by Crippen LogP contribution is 2.40. The van der Waals surface area contributed by atoms with Gasteiger partial charge in [-0.3, -0.25) is 9.59 Å². The monoisotopic (exact) mass is 406 g/mol. The lowest BCUT2D eigenvalue weighted by Gasteiger charge is -2.23. The molecule has 4 heteroatoms. The van der Waals surface area contributed by atoms with Crippen LogP contribution in [0.2, 0.25) is 0 Å². The normalized spacial score (nSPS) is 12.2. The molecule has 4 aromatic carbocycles. The van der Waals surface area contributed by atoms with Crippen LogP contribution in [-0.2, 0) is 0 Å². The van der Waals surface area contributed by atoms with E-state index in [-0.39, 0.29) is 17.1 Å². The Bertz CT molecular complexity index is 1310. The number of hydrogen-bond acceptors (Lipinski definition) is 4. The summed E-state index contributed by atoms with van der Waals surface area (Å²) in [5.41, 5.74) is 1.98.